The summed E-state index contributed by atoms with van der Waals surface area (Å²) < 4.78 is 21.9. The smallest absolute Gasteiger partial charge is 0.225 e. The van der Waals surface area contributed by atoms with E-state index in [4.69, 9.17) is 5.73 Å². The Morgan fingerprint density at radius 2 is 2.00 bits per heavy atom. The minimum absolute atomic E-state index is 0. The van der Waals surface area contributed by atoms with E-state index in [1.54, 1.807) is 7.05 Å². The summed E-state index contributed by atoms with van der Waals surface area (Å²) in [4.78, 5) is 13.4. The van der Waals surface area contributed by atoms with Crippen LogP contribution in [-0.4, -0.2) is 50.9 Å². The van der Waals surface area contributed by atoms with E-state index in [9.17, 15) is 13.2 Å². The van der Waals surface area contributed by atoms with Crippen LogP contribution in [0.1, 0.15) is 19.3 Å². The highest BCUT2D eigenvalue weighted by atomic mass is 35.5. The van der Waals surface area contributed by atoms with Crippen LogP contribution in [0.2, 0.25) is 0 Å². The Bertz CT molecular complexity index is 359. The summed E-state index contributed by atoms with van der Waals surface area (Å²) in [7, 11) is -1.36. The molecule has 0 saturated heterocycles. The lowest BCUT2D eigenvalue weighted by Gasteiger charge is -2.20. The molecule has 1 aliphatic rings. The quantitative estimate of drug-likeness (QED) is 0.790. The highest BCUT2D eigenvalue weighted by Gasteiger charge is 2.29. The van der Waals surface area contributed by atoms with E-state index < -0.39 is 9.84 Å². The second kappa shape index (κ2) is 6.56. The van der Waals surface area contributed by atoms with Gasteiger partial charge in [-0.15, -0.1) is 12.4 Å². The normalized spacial score (nSPS) is 24.2. The van der Waals surface area contributed by atoms with E-state index in [-0.39, 0.29) is 42.6 Å². The molecule has 102 valence electrons. The third kappa shape index (κ3) is 5.70. The van der Waals surface area contributed by atoms with Crippen LogP contribution in [0.15, 0.2) is 0 Å². The van der Waals surface area contributed by atoms with Gasteiger partial charge >= 0.3 is 0 Å². The van der Waals surface area contributed by atoms with Gasteiger partial charge in [0, 0.05) is 31.8 Å². The van der Waals surface area contributed by atoms with E-state index >= 15 is 0 Å². The molecule has 2 N–H and O–H groups in total. The average Bonchev–Trinajstić information content (AvgIpc) is 2.59. The van der Waals surface area contributed by atoms with Crippen LogP contribution in [0.5, 0.6) is 0 Å². The zero-order chi connectivity index (χ0) is 12.3. The zero-order valence-corrected chi connectivity index (χ0v) is 11.9. The Hall–Kier alpha value is -0.330. The SMILES string of the molecule is CN(CCS(C)(=O)=O)C(=O)C1CCC(N)C1.Cl. The molecule has 0 heterocycles. The molecule has 1 rings (SSSR count). The summed E-state index contributed by atoms with van der Waals surface area (Å²) >= 11 is 0. The first kappa shape index (κ1) is 16.7. The van der Waals surface area contributed by atoms with E-state index in [1.807, 2.05) is 0 Å². The number of nitrogens with two attached hydrogens (primary N) is 1. The largest absolute Gasteiger partial charge is 0.345 e. The average molecular weight is 285 g/mol. The van der Waals surface area contributed by atoms with Gasteiger partial charge in [0.1, 0.15) is 9.84 Å². The van der Waals surface area contributed by atoms with Crippen molar-refractivity contribution in [2.24, 2.45) is 11.7 Å². The molecule has 1 saturated carbocycles. The number of amides is 1. The van der Waals surface area contributed by atoms with E-state index in [1.165, 1.54) is 11.2 Å². The molecule has 7 heteroatoms. The van der Waals surface area contributed by atoms with Crippen molar-refractivity contribution in [2.75, 3.05) is 25.6 Å². The van der Waals surface area contributed by atoms with Gasteiger partial charge in [0.25, 0.3) is 0 Å². The van der Waals surface area contributed by atoms with Crippen molar-refractivity contribution in [1.82, 2.24) is 4.90 Å². The van der Waals surface area contributed by atoms with Gasteiger partial charge in [0.05, 0.1) is 5.75 Å². The molecule has 0 spiro atoms. The molecule has 0 aromatic rings. The molecule has 1 aliphatic carbocycles. The number of hydrogen-bond acceptors (Lipinski definition) is 4. The molecule has 0 radical (unpaired) electrons. The lowest BCUT2D eigenvalue weighted by atomic mass is 10.1. The predicted molar refractivity (Wildman–Crippen MR) is 69.9 cm³/mol. The Kier molecular flexibility index (Phi) is 6.43. The van der Waals surface area contributed by atoms with Crippen molar-refractivity contribution in [3.05, 3.63) is 0 Å². The maximum atomic E-state index is 11.9. The van der Waals surface area contributed by atoms with Crippen molar-refractivity contribution in [3.8, 4) is 0 Å². The van der Waals surface area contributed by atoms with Crippen LogP contribution in [0.3, 0.4) is 0 Å². The minimum Gasteiger partial charge on any atom is -0.345 e. The fourth-order valence-electron chi connectivity index (χ4n) is 1.97. The van der Waals surface area contributed by atoms with Gasteiger partial charge in [-0.1, -0.05) is 0 Å². The highest BCUT2D eigenvalue weighted by molar-refractivity contribution is 7.90. The molecule has 2 unspecified atom stereocenters. The maximum Gasteiger partial charge on any atom is 0.225 e. The number of halogens is 1. The summed E-state index contributed by atoms with van der Waals surface area (Å²) in [5.41, 5.74) is 5.74. The van der Waals surface area contributed by atoms with Crippen molar-refractivity contribution < 1.29 is 13.2 Å². The number of carbonyl (C=O) groups excluding carboxylic acids is 1. The predicted octanol–water partition coefficient (Wildman–Crippen LogP) is 0.0386. The second-order valence-electron chi connectivity index (χ2n) is 4.66. The number of carbonyl (C=O) groups is 1. The molecule has 2 atom stereocenters. The molecule has 1 amide bonds. The maximum absolute atomic E-state index is 11.9. The van der Waals surface area contributed by atoms with Crippen LogP contribution >= 0.6 is 12.4 Å². The molecule has 1 fully saturated rings. The van der Waals surface area contributed by atoms with Crippen LogP contribution in [-0.2, 0) is 14.6 Å². The van der Waals surface area contributed by atoms with Gasteiger partial charge in [-0.25, -0.2) is 8.42 Å². The lowest BCUT2D eigenvalue weighted by Crippen LogP contribution is -2.35. The third-order valence-electron chi connectivity index (χ3n) is 3.00. The summed E-state index contributed by atoms with van der Waals surface area (Å²) in [5, 5.41) is 0. The molecule has 0 aromatic carbocycles. The monoisotopic (exact) mass is 284 g/mol. The molecular weight excluding hydrogens is 264 g/mol. The van der Waals surface area contributed by atoms with Gasteiger partial charge in [-0.05, 0) is 19.3 Å². The van der Waals surface area contributed by atoms with E-state index in [2.05, 4.69) is 0 Å². The van der Waals surface area contributed by atoms with Gasteiger partial charge in [0.15, 0.2) is 0 Å². The van der Waals surface area contributed by atoms with Crippen LogP contribution in [0.25, 0.3) is 0 Å². The number of nitrogens with zero attached hydrogens (tertiary/aromatic N) is 1. The first-order valence-electron chi connectivity index (χ1n) is 5.48. The van der Waals surface area contributed by atoms with E-state index in [0.29, 0.717) is 0 Å². The molecular formula is C10H21ClN2O3S. The molecule has 0 aromatic heterocycles. The van der Waals surface area contributed by atoms with Crippen LogP contribution in [0.4, 0.5) is 0 Å². The highest BCUT2D eigenvalue weighted by Crippen LogP contribution is 2.25. The summed E-state index contributed by atoms with van der Waals surface area (Å²) in [5.74, 6) is 0.0322. The molecule has 0 aliphatic heterocycles. The van der Waals surface area contributed by atoms with Crippen molar-refractivity contribution >= 4 is 28.2 Å². The molecule has 0 bridgehead atoms. The zero-order valence-electron chi connectivity index (χ0n) is 10.3. The van der Waals surface area contributed by atoms with Crippen molar-refractivity contribution in [2.45, 2.75) is 25.3 Å². The number of hydrogen-bond donors (Lipinski definition) is 1. The first-order chi connectivity index (χ1) is 7.29. The fourth-order valence-corrected chi connectivity index (χ4v) is 2.57. The fraction of sp³-hybridized carbons (Fsp3) is 0.900. The summed E-state index contributed by atoms with van der Waals surface area (Å²) in [6.07, 6.45) is 3.61. The lowest BCUT2D eigenvalue weighted by molar-refractivity contribution is -0.133. The Balaban J connectivity index is 0.00000256. The molecule has 17 heavy (non-hydrogen) atoms. The van der Waals surface area contributed by atoms with Gasteiger partial charge in [-0.2, -0.15) is 0 Å². The number of rotatable bonds is 4. The first-order valence-corrected chi connectivity index (χ1v) is 7.54. The standard InChI is InChI=1S/C10H20N2O3S.ClH/c1-12(5-6-16(2,14)15)10(13)8-3-4-9(11)7-8;/h8-9H,3-7,11H2,1-2H3;1H. The Morgan fingerprint density at radius 1 is 1.41 bits per heavy atom. The van der Waals surface area contributed by atoms with Gasteiger partial charge in [-0.3, -0.25) is 4.79 Å². The van der Waals surface area contributed by atoms with Crippen LogP contribution < -0.4 is 5.73 Å². The van der Waals surface area contributed by atoms with E-state index in [0.717, 1.165) is 19.3 Å². The topological polar surface area (TPSA) is 80.5 Å². The van der Waals surface area contributed by atoms with Crippen LogP contribution in [0, 0.1) is 5.92 Å². The second-order valence-corrected chi connectivity index (χ2v) is 6.92. The van der Waals surface area contributed by atoms with Gasteiger partial charge in [0.2, 0.25) is 5.91 Å². The summed E-state index contributed by atoms with van der Waals surface area (Å²) in [6, 6.07) is 0.122. The third-order valence-corrected chi connectivity index (χ3v) is 3.92. The Morgan fingerprint density at radius 3 is 2.41 bits per heavy atom. The minimum atomic E-state index is -3.01. The van der Waals surface area contributed by atoms with Crippen molar-refractivity contribution in [3.63, 3.8) is 0 Å². The van der Waals surface area contributed by atoms with Crippen molar-refractivity contribution in [1.29, 1.82) is 0 Å². The van der Waals surface area contributed by atoms with Gasteiger partial charge < -0.3 is 10.6 Å². The summed E-state index contributed by atoms with van der Waals surface area (Å²) in [6.45, 7) is 0.267. The number of sulfone groups is 1. The molecule has 5 nitrogen and oxygen atoms in total. The Labute approximate surface area is 109 Å².